The highest BCUT2D eigenvalue weighted by atomic mass is 16.6. The number of epoxide rings is 1. The van der Waals surface area contributed by atoms with Crippen LogP contribution in [0, 0.1) is 23.2 Å². The van der Waals surface area contributed by atoms with Crippen LogP contribution in [0.15, 0.2) is 22.8 Å². The van der Waals surface area contributed by atoms with Gasteiger partial charge in [-0.1, -0.05) is 6.92 Å². The van der Waals surface area contributed by atoms with Crippen molar-refractivity contribution in [2.45, 2.75) is 76.5 Å². The second-order valence-electron chi connectivity index (χ2n) is 10.0. The number of esters is 1. The second-order valence-corrected chi connectivity index (χ2v) is 10.0. The Morgan fingerprint density at radius 2 is 2.21 bits per heavy atom. The monoisotopic (exact) mass is 387 g/mol. The van der Waals surface area contributed by atoms with Crippen molar-refractivity contribution in [3.05, 3.63) is 24.2 Å². The standard InChI is InChI=1S/C23H33NO4/c1-15(6-7-16-5-3-10-26-16)24-13-18-17-11-20-22(2,12-19(17)28-21(18)25)8-4-9-23(20)14-27-23/h3,5,10,15,17-20,24H,4,6-9,11-14H2,1-2H3/t15-,17+,18+,19+,20+,22+,23+/m0/s1. The third-order valence-corrected chi connectivity index (χ3v) is 8.17. The number of ether oxygens (including phenoxy) is 2. The van der Waals surface area contributed by atoms with Gasteiger partial charge in [0.05, 0.1) is 24.4 Å². The van der Waals surface area contributed by atoms with Crippen LogP contribution in [0.4, 0.5) is 0 Å². The van der Waals surface area contributed by atoms with Crippen molar-refractivity contribution >= 4 is 5.97 Å². The fourth-order valence-corrected chi connectivity index (χ4v) is 6.43. The topological polar surface area (TPSA) is 64.0 Å². The first kappa shape index (κ1) is 18.7. The SMILES string of the molecule is C[C@@H](CCc1ccco1)NC[C@H]1C(=O)O[C@@H]2C[C@@]3(C)CCC[C@@]4(CO4)[C@@H]3C[C@@H]21. The van der Waals surface area contributed by atoms with Gasteiger partial charge in [0.1, 0.15) is 11.9 Å². The number of rotatable bonds is 6. The van der Waals surface area contributed by atoms with E-state index < -0.39 is 0 Å². The Bertz CT molecular complexity index is 712. The Kier molecular flexibility index (Phi) is 4.59. The maximum Gasteiger partial charge on any atom is 0.310 e. The predicted octanol–water partition coefficient (Wildman–Crippen LogP) is 3.72. The number of carbonyl (C=O) groups excluding carboxylic acids is 1. The van der Waals surface area contributed by atoms with Crippen LogP contribution in [-0.2, 0) is 20.7 Å². The molecule has 28 heavy (non-hydrogen) atoms. The van der Waals surface area contributed by atoms with Crippen LogP contribution in [0.5, 0.6) is 0 Å². The van der Waals surface area contributed by atoms with Crippen LogP contribution in [0.25, 0.3) is 0 Å². The highest BCUT2D eigenvalue weighted by molar-refractivity contribution is 5.75. The summed E-state index contributed by atoms with van der Waals surface area (Å²) in [5.41, 5.74) is 0.396. The van der Waals surface area contributed by atoms with Gasteiger partial charge in [-0.05, 0) is 68.9 Å². The van der Waals surface area contributed by atoms with Crippen molar-refractivity contribution in [2.75, 3.05) is 13.2 Å². The minimum absolute atomic E-state index is 0.00810. The molecular formula is C23H33NO4. The summed E-state index contributed by atoms with van der Waals surface area (Å²) in [4.78, 5) is 12.7. The number of fused-ring (bicyclic) bond motifs is 3. The molecule has 5 heteroatoms. The third-order valence-electron chi connectivity index (χ3n) is 8.17. The second kappa shape index (κ2) is 6.88. The van der Waals surface area contributed by atoms with E-state index in [2.05, 4.69) is 19.2 Å². The normalized spacial score (nSPS) is 42.7. The minimum Gasteiger partial charge on any atom is -0.469 e. The Morgan fingerprint density at radius 1 is 1.36 bits per heavy atom. The van der Waals surface area contributed by atoms with Crippen LogP contribution in [-0.4, -0.2) is 36.9 Å². The molecule has 0 bridgehead atoms. The molecule has 154 valence electrons. The van der Waals surface area contributed by atoms with E-state index in [9.17, 15) is 4.79 Å². The van der Waals surface area contributed by atoms with E-state index in [1.54, 1.807) is 6.26 Å². The molecule has 0 aromatic carbocycles. The summed E-state index contributed by atoms with van der Waals surface area (Å²) in [5.74, 6) is 1.94. The number of furan rings is 1. The van der Waals surface area contributed by atoms with Crippen LogP contribution in [0.1, 0.15) is 58.1 Å². The first-order valence-electron chi connectivity index (χ1n) is 11.1. The Morgan fingerprint density at radius 3 is 2.96 bits per heavy atom. The lowest BCUT2D eigenvalue weighted by Crippen LogP contribution is -2.51. The maximum atomic E-state index is 12.7. The molecule has 5 nitrogen and oxygen atoms in total. The number of carbonyl (C=O) groups is 1. The molecule has 1 spiro atoms. The molecule has 7 atom stereocenters. The van der Waals surface area contributed by atoms with Crippen molar-refractivity contribution in [1.29, 1.82) is 0 Å². The third kappa shape index (κ3) is 3.21. The van der Waals surface area contributed by atoms with E-state index >= 15 is 0 Å². The zero-order valence-corrected chi connectivity index (χ0v) is 17.1. The molecule has 2 saturated carbocycles. The molecule has 1 N–H and O–H groups in total. The summed E-state index contributed by atoms with van der Waals surface area (Å²) in [6.07, 6.45) is 9.54. The number of hydrogen-bond acceptors (Lipinski definition) is 5. The van der Waals surface area contributed by atoms with Gasteiger partial charge >= 0.3 is 5.97 Å². The Labute approximate surface area is 167 Å². The van der Waals surface area contributed by atoms with Crippen LogP contribution < -0.4 is 5.32 Å². The summed E-state index contributed by atoms with van der Waals surface area (Å²) in [6, 6.07) is 4.30. The Balaban J connectivity index is 1.21. The first-order chi connectivity index (χ1) is 13.5. The largest absolute Gasteiger partial charge is 0.469 e. The van der Waals surface area contributed by atoms with Crippen LogP contribution in [0.3, 0.4) is 0 Å². The minimum atomic E-state index is -0.0154. The molecule has 1 aromatic rings. The molecule has 2 saturated heterocycles. The van der Waals surface area contributed by atoms with Crippen molar-refractivity contribution < 1.29 is 18.7 Å². The van der Waals surface area contributed by atoms with Gasteiger partial charge in [0.2, 0.25) is 0 Å². The van der Waals surface area contributed by atoms with E-state index in [-0.39, 0.29) is 29.0 Å². The summed E-state index contributed by atoms with van der Waals surface area (Å²) >= 11 is 0. The van der Waals surface area contributed by atoms with Gasteiger partial charge < -0.3 is 19.2 Å². The smallest absolute Gasteiger partial charge is 0.310 e. The molecule has 5 rings (SSSR count). The lowest BCUT2D eigenvalue weighted by molar-refractivity contribution is -0.147. The maximum absolute atomic E-state index is 12.7. The van der Waals surface area contributed by atoms with Gasteiger partial charge in [-0.3, -0.25) is 4.79 Å². The van der Waals surface area contributed by atoms with Crippen molar-refractivity contribution in [3.8, 4) is 0 Å². The molecule has 2 aliphatic heterocycles. The predicted molar refractivity (Wildman–Crippen MR) is 105 cm³/mol. The molecule has 0 unspecified atom stereocenters. The summed E-state index contributed by atoms with van der Waals surface area (Å²) < 4.78 is 17.3. The summed E-state index contributed by atoms with van der Waals surface area (Å²) in [7, 11) is 0. The lowest BCUT2D eigenvalue weighted by atomic mass is 9.53. The fraction of sp³-hybridized carbons (Fsp3) is 0.783. The molecule has 4 aliphatic rings. The van der Waals surface area contributed by atoms with E-state index in [0.29, 0.717) is 17.9 Å². The summed E-state index contributed by atoms with van der Waals surface area (Å²) in [6.45, 7) is 6.24. The fourth-order valence-electron chi connectivity index (χ4n) is 6.43. The van der Waals surface area contributed by atoms with Crippen LogP contribution in [0.2, 0.25) is 0 Å². The number of hydrogen-bond donors (Lipinski definition) is 1. The Hall–Kier alpha value is -1.33. The molecular weight excluding hydrogens is 354 g/mol. The van der Waals surface area contributed by atoms with Gasteiger partial charge in [-0.2, -0.15) is 0 Å². The van der Waals surface area contributed by atoms with Gasteiger partial charge in [0.15, 0.2) is 0 Å². The lowest BCUT2D eigenvalue weighted by Gasteiger charge is -2.51. The average molecular weight is 388 g/mol. The molecule has 2 aliphatic carbocycles. The van der Waals surface area contributed by atoms with Gasteiger partial charge in [-0.25, -0.2) is 0 Å². The van der Waals surface area contributed by atoms with E-state index in [1.807, 2.05) is 12.1 Å². The summed E-state index contributed by atoms with van der Waals surface area (Å²) in [5, 5.41) is 3.59. The molecule has 4 fully saturated rings. The van der Waals surface area contributed by atoms with E-state index in [4.69, 9.17) is 13.9 Å². The van der Waals surface area contributed by atoms with Crippen molar-refractivity contribution in [1.82, 2.24) is 5.32 Å². The quantitative estimate of drug-likeness (QED) is 0.595. The number of nitrogens with one attached hydrogen (secondary N) is 1. The van der Waals surface area contributed by atoms with Gasteiger partial charge in [-0.15, -0.1) is 0 Å². The van der Waals surface area contributed by atoms with Crippen LogP contribution >= 0.6 is 0 Å². The molecule has 0 amide bonds. The molecule has 1 aromatic heterocycles. The first-order valence-corrected chi connectivity index (χ1v) is 11.1. The van der Waals surface area contributed by atoms with Gasteiger partial charge in [0.25, 0.3) is 0 Å². The average Bonchev–Trinajstić information content (AvgIpc) is 3.11. The zero-order valence-electron chi connectivity index (χ0n) is 17.1. The molecule has 3 heterocycles. The highest BCUT2D eigenvalue weighted by Gasteiger charge is 2.64. The van der Waals surface area contributed by atoms with Crippen molar-refractivity contribution in [3.63, 3.8) is 0 Å². The van der Waals surface area contributed by atoms with E-state index in [1.165, 1.54) is 19.3 Å². The highest BCUT2D eigenvalue weighted by Crippen LogP contribution is 2.62. The van der Waals surface area contributed by atoms with E-state index in [0.717, 1.165) is 44.6 Å². The molecule has 0 radical (unpaired) electrons. The van der Waals surface area contributed by atoms with Crippen molar-refractivity contribution in [2.24, 2.45) is 23.2 Å². The zero-order chi connectivity index (χ0) is 19.4. The number of aryl methyl sites for hydroxylation is 1. The van der Waals surface area contributed by atoms with Gasteiger partial charge in [0, 0.05) is 24.9 Å².